The summed E-state index contributed by atoms with van der Waals surface area (Å²) in [6.07, 6.45) is 1.76. The topological polar surface area (TPSA) is 55.6 Å². The fraction of sp³-hybridized carbons (Fsp3) is 0.562. The molecule has 0 saturated carbocycles. The van der Waals surface area contributed by atoms with E-state index in [1.165, 1.54) is 0 Å². The van der Waals surface area contributed by atoms with E-state index in [2.05, 4.69) is 0 Å². The van der Waals surface area contributed by atoms with Crippen LogP contribution in [0.1, 0.15) is 43.9 Å². The van der Waals surface area contributed by atoms with Gasteiger partial charge in [-0.05, 0) is 50.8 Å². The molecule has 1 saturated heterocycles. The summed E-state index contributed by atoms with van der Waals surface area (Å²) in [4.78, 5) is 14.1. The molecule has 2 atom stereocenters. The van der Waals surface area contributed by atoms with E-state index in [4.69, 9.17) is 10.5 Å². The first-order chi connectivity index (χ1) is 9.49. The molecule has 2 rings (SSSR count). The monoisotopic (exact) mass is 276 g/mol. The van der Waals surface area contributed by atoms with Gasteiger partial charge >= 0.3 is 0 Å². The average Bonchev–Trinajstić information content (AvgIpc) is 2.93. The number of hydrogen-bond donors (Lipinski definition) is 1. The lowest BCUT2D eigenvalue weighted by Crippen LogP contribution is -2.38. The van der Waals surface area contributed by atoms with Crippen molar-refractivity contribution in [2.75, 3.05) is 13.1 Å². The highest BCUT2D eigenvalue weighted by atomic mass is 16.5. The summed E-state index contributed by atoms with van der Waals surface area (Å²) in [5.74, 6) is 0.840. The Kier molecular flexibility index (Phi) is 4.65. The Bertz CT molecular complexity index is 479. The lowest BCUT2D eigenvalue weighted by Gasteiger charge is -2.22. The van der Waals surface area contributed by atoms with Gasteiger partial charge < -0.3 is 15.4 Å². The van der Waals surface area contributed by atoms with Crippen molar-refractivity contribution >= 4 is 5.91 Å². The minimum atomic E-state index is -0.437. The van der Waals surface area contributed by atoms with Crippen molar-refractivity contribution in [3.05, 3.63) is 29.3 Å². The number of ether oxygens (including phenoxy) is 1. The predicted octanol–water partition coefficient (Wildman–Crippen LogP) is 2.40. The van der Waals surface area contributed by atoms with Crippen LogP contribution < -0.4 is 10.5 Å². The molecular weight excluding hydrogens is 252 g/mol. The van der Waals surface area contributed by atoms with Crippen molar-refractivity contribution in [3.63, 3.8) is 0 Å². The van der Waals surface area contributed by atoms with Crippen molar-refractivity contribution in [1.29, 1.82) is 0 Å². The fourth-order valence-electron chi connectivity index (χ4n) is 2.52. The van der Waals surface area contributed by atoms with Gasteiger partial charge in [0.2, 0.25) is 0 Å². The zero-order valence-corrected chi connectivity index (χ0v) is 12.6. The molecule has 1 amide bonds. The number of carbonyl (C=O) groups is 1. The number of likely N-dealkylation sites (tertiary alicyclic amines) is 1. The van der Waals surface area contributed by atoms with Gasteiger partial charge in [-0.1, -0.05) is 12.1 Å². The maximum atomic E-state index is 12.2. The molecule has 110 valence electrons. The zero-order valence-electron chi connectivity index (χ0n) is 12.6. The van der Waals surface area contributed by atoms with Gasteiger partial charge in [0.15, 0.2) is 6.10 Å². The standard InChI is InChI=1S/C16H24N2O2/c1-11-10-14(12(2)17)6-7-15(11)20-13(3)16(19)18-8-4-5-9-18/h6-7,10,12-13H,4-5,8-9,17H2,1-3H3. The van der Waals surface area contributed by atoms with E-state index in [9.17, 15) is 4.79 Å². The Morgan fingerprint density at radius 2 is 1.95 bits per heavy atom. The second-order valence-electron chi connectivity index (χ2n) is 5.61. The summed E-state index contributed by atoms with van der Waals surface area (Å²) in [7, 11) is 0. The third-order valence-electron chi connectivity index (χ3n) is 3.79. The van der Waals surface area contributed by atoms with Gasteiger partial charge in [-0.2, -0.15) is 0 Å². The first-order valence-electron chi connectivity index (χ1n) is 7.30. The zero-order chi connectivity index (χ0) is 14.7. The van der Waals surface area contributed by atoms with E-state index < -0.39 is 6.10 Å². The molecule has 2 N–H and O–H groups in total. The summed E-state index contributed by atoms with van der Waals surface area (Å²) in [5, 5.41) is 0. The Morgan fingerprint density at radius 3 is 2.50 bits per heavy atom. The smallest absolute Gasteiger partial charge is 0.263 e. The van der Waals surface area contributed by atoms with E-state index in [0.29, 0.717) is 0 Å². The van der Waals surface area contributed by atoms with Gasteiger partial charge in [0.05, 0.1) is 0 Å². The van der Waals surface area contributed by atoms with Gasteiger partial charge in [0.25, 0.3) is 5.91 Å². The van der Waals surface area contributed by atoms with Crippen LogP contribution in [0, 0.1) is 6.92 Å². The Morgan fingerprint density at radius 1 is 1.30 bits per heavy atom. The van der Waals surface area contributed by atoms with Crippen molar-refractivity contribution in [2.24, 2.45) is 5.73 Å². The number of benzene rings is 1. The van der Waals surface area contributed by atoms with E-state index in [1.54, 1.807) is 0 Å². The highest BCUT2D eigenvalue weighted by Crippen LogP contribution is 2.23. The minimum Gasteiger partial charge on any atom is -0.481 e. The molecule has 0 bridgehead atoms. The number of nitrogens with zero attached hydrogens (tertiary/aromatic N) is 1. The highest BCUT2D eigenvalue weighted by Gasteiger charge is 2.24. The number of nitrogens with two attached hydrogens (primary N) is 1. The third-order valence-corrected chi connectivity index (χ3v) is 3.79. The van der Waals surface area contributed by atoms with E-state index in [1.807, 2.05) is 43.9 Å². The molecule has 1 fully saturated rings. The molecule has 0 radical (unpaired) electrons. The second-order valence-corrected chi connectivity index (χ2v) is 5.61. The highest BCUT2D eigenvalue weighted by molar-refractivity contribution is 5.81. The molecule has 4 nitrogen and oxygen atoms in total. The molecule has 1 aromatic rings. The first-order valence-corrected chi connectivity index (χ1v) is 7.30. The van der Waals surface area contributed by atoms with Crippen molar-refractivity contribution in [3.8, 4) is 5.75 Å². The van der Waals surface area contributed by atoms with Crippen LogP contribution in [-0.4, -0.2) is 30.0 Å². The molecule has 4 heteroatoms. The Labute approximate surface area is 120 Å². The number of aryl methyl sites for hydroxylation is 1. The largest absolute Gasteiger partial charge is 0.481 e. The third kappa shape index (κ3) is 3.31. The number of rotatable bonds is 4. The lowest BCUT2D eigenvalue weighted by atomic mass is 10.1. The van der Waals surface area contributed by atoms with Gasteiger partial charge in [0, 0.05) is 19.1 Å². The van der Waals surface area contributed by atoms with Crippen LogP contribution in [0.25, 0.3) is 0 Å². The molecule has 0 aliphatic carbocycles. The molecule has 1 aliphatic rings. The molecule has 1 aliphatic heterocycles. The van der Waals surface area contributed by atoms with Crippen LogP contribution in [0.3, 0.4) is 0 Å². The number of carbonyl (C=O) groups excluding carboxylic acids is 1. The van der Waals surface area contributed by atoms with Gasteiger partial charge in [0.1, 0.15) is 5.75 Å². The van der Waals surface area contributed by atoms with Crippen LogP contribution >= 0.6 is 0 Å². The quantitative estimate of drug-likeness (QED) is 0.918. The van der Waals surface area contributed by atoms with Crippen LogP contribution in [0.15, 0.2) is 18.2 Å². The van der Waals surface area contributed by atoms with Crippen molar-refractivity contribution < 1.29 is 9.53 Å². The summed E-state index contributed by atoms with van der Waals surface area (Å²) in [6.45, 7) is 7.47. The molecule has 2 unspecified atom stereocenters. The lowest BCUT2D eigenvalue weighted by molar-refractivity contribution is -0.136. The van der Waals surface area contributed by atoms with Crippen LogP contribution in [-0.2, 0) is 4.79 Å². The number of hydrogen-bond acceptors (Lipinski definition) is 3. The van der Waals surface area contributed by atoms with Crippen molar-refractivity contribution in [1.82, 2.24) is 4.90 Å². The predicted molar refractivity (Wildman–Crippen MR) is 79.7 cm³/mol. The van der Waals surface area contributed by atoms with Gasteiger partial charge in [-0.25, -0.2) is 0 Å². The molecule has 0 spiro atoms. The van der Waals surface area contributed by atoms with Crippen LogP contribution in [0.4, 0.5) is 0 Å². The summed E-state index contributed by atoms with van der Waals surface area (Å²) in [6, 6.07) is 5.89. The minimum absolute atomic E-state index is 0.00593. The Balaban J connectivity index is 2.03. The van der Waals surface area contributed by atoms with Gasteiger partial charge in [-0.3, -0.25) is 4.79 Å². The van der Waals surface area contributed by atoms with Gasteiger partial charge in [-0.15, -0.1) is 0 Å². The molecule has 0 aromatic heterocycles. The Hall–Kier alpha value is -1.55. The number of amides is 1. The maximum Gasteiger partial charge on any atom is 0.263 e. The average molecular weight is 276 g/mol. The summed E-state index contributed by atoms with van der Waals surface area (Å²) in [5.41, 5.74) is 7.96. The molecule has 1 aromatic carbocycles. The van der Waals surface area contributed by atoms with Crippen molar-refractivity contribution in [2.45, 2.75) is 45.8 Å². The van der Waals surface area contributed by atoms with E-state index in [0.717, 1.165) is 42.8 Å². The first kappa shape index (κ1) is 14.9. The summed E-state index contributed by atoms with van der Waals surface area (Å²) < 4.78 is 5.82. The fourth-order valence-corrected chi connectivity index (χ4v) is 2.52. The van der Waals surface area contributed by atoms with E-state index in [-0.39, 0.29) is 11.9 Å². The second kappa shape index (κ2) is 6.27. The normalized spacial score (nSPS) is 17.9. The molecule has 1 heterocycles. The SMILES string of the molecule is Cc1cc(C(C)N)ccc1OC(C)C(=O)N1CCCC1. The van der Waals surface area contributed by atoms with Crippen LogP contribution in [0.2, 0.25) is 0 Å². The van der Waals surface area contributed by atoms with E-state index >= 15 is 0 Å². The molecule has 20 heavy (non-hydrogen) atoms. The molecular formula is C16H24N2O2. The van der Waals surface area contributed by atoms with Crippen LogP contribution in [0.5, 0.6) is 5.75 Å². The maximum absolute atomic E-state index is 12.2. The summed E-state index contributed by atoms with van der Waals surface area (Å²) >= 11 is 0.